The topological polar surface area (TPSA) is 66.6 Å². The van der Waals surface area contributed by atoms with Crippen LogP contribution in [-0.4, -0.2) is 18.1 Å². The number of aromatic carboxylic acids is 1. The molecule has 0 radical (unpaired) electrons. The van der Waals surface area contributed by atoms with Gasteiger partial charge in [-0.15, -0.1) is 0 Å². The third-order valence-electron chi connectivity index (χ3n) is 3.11. The summed E-state index contributed by atoms with van der Waals surface area (Å²) in [7, 11) is 1.77. The molecule has 3 N–H and O–H groups in total. The quantitative estimate of drug-likeness (QED) is 0.826. The first-order valence-corrected chi connectivity index (χ1v) is 6.95. The van der Waals surface area contributed by atoms with Gasteiger partial charge in [-0.1, -0.05) is 22.0 Å². The predicted octanol–water partition coefficient (Wildman–Crippen LogP) is 3.51. The molecule has 6 heteroatoms. The molecule has 21 heavy (non-hydrogen) atoms. The number of halogens is 2. The van der Waals surface area contributed by atoms with Crippen LogP contribution in [0.2, 0.25) is 0 Å². The molecule has 0 spiro atoms. The normalized spacial score (nSPS) is 10.4. The monoisotopic (exact) mass is 352 g/mol. The highest BCUT2D eigenvalue weighted by Crippen LogP contribution is 2.26. The van der Waals surface area contributed by atoms with E-state index < -0.39 is 5.97 Å². The second-order valence-corrected chi connectivity index (χ2v) is 5.59. The van der Waals surface area contributed by atoms with E-state index in [1.54, 1.807) is 30.1 Å². The lowest BCUT2D eigenvalue weighted by Crippen LogP contribution is -2.19. The summed E-state index contributed by atoms with van der Waals surface area (Å²) in [4.78, 5) is 12.6. The van der Waals surface area contributed by atoms with Gasteiger partial charge in [0, 0.05) is 23.6 Å². The lowest BCUT2D eigenvalue weighted by Gasteiger charge is -2.21. The maximum atomic E-state index is 13.8. The molecule has 0 aromatic heterocycles. The number of carbonyl (C=O) groups is 1. The Morgan fingerprint density at radius 2 is 2.05 bits per heavy atom. The van der Waals surface area contributed by atoms with Gasteiger partial charge in [0.25, 0.3) is 0 Å². The Morgan fingerprint density at radius 3 is 2.62 bits per heavy atom. The van der Waals surface area contributed by atoms with Gasteiger partial charge in [-0.3, -0.25) is 0 Å². The fourth-order valence-corrected chi connectivity index (χ4v) is 2.36. The van der Waals surface area contributed by atoms with Crippen molar-refractivity contribution >= 4 is 33.3 Å². The largest absolute Gasteiger partial charge is 0.478 e. The number of anilines is 2. The number of nitrogen functional groups attached to an aromatic ring is 1. The lowest BCUT2D eigenvalue weighted by molar-refractivity contribution is 0.0697. The summed E-state index contributed by atoms with van der Waals surface area (Å²) in [6.07, 6.45) is 0. The standard InChI is InChI=1S/C15H14BrFN2O2/c1-19(8-10-2-4-11(16)7-12(10)17)14-5-3-9(15(20)21)6-13(14)18/h2-7H,8,18H2,1H3,(H,20,21). The van der Waals surface area contributed by atoms with Gasteiger partial charge in [-0.05, 0) is 30.3 Å². The van der Waals surface area contributed by atoms with Crippen LogP contribution >= 0.6 is 15.9 Å². The van der Waals surface area contributed by atoms with E-state index in [1.165, 1.54) is 18.2 Å². The van der Waals surface area contributed by atoms with Crippen LogP contribution in [0.1, 0.15) is 15.9 Å². The molecule has 4 nitrogen and oxygen atoms in total. The Kier molecular flexibility index (Phi) is 4.47. The number of nitrogens with zero attached hydrogens (tertiary/aromatic N) is 1. The van der Waals surface area contributed by atoms with E-state index in [4.69, 9.17) is 10.8 Å². The van der Waals surface area contributed by atoms with Crippen molar-refractivity contribution in [3.8, 4) is 0 Å². The van der Waals surface area contributed by atoms with Gasteiger partial charge in [0.05, 0.1) is 16.9 Å². The van der Waals surface area contributed by atoms with E-state index in [1.807, 2.05) is 0 Å². The van der Waals surface area contributed by atoms with Gasteiger partial charge in [-0.2, -0.15) is 0 Å². The van der Waals surface area contributed by atoms with Gasteiger partial charge >= 0.3 is 5.97 Å². The summed E-state index contributed by atoms with van der Waals surface area (Å²) in [5, 5.41) is 8.91. The van der Waals surface area contributed by atoms with Crippen molar-refractivity contribution in [1.82, 2.24) is 0 Å². The van der Waals surface area contributed by atoms with Crippen LogP contribution in [0.3, 0.4) is 0 Å². The number of benzene rings is 2. The molecule has 0 heterocycles. The van der Waals surface area contributed by atoms with Crippen LogP contribution in [0.15, 0.2) is 40.9 Å². The summed E-state index contributed by atoms with van der Waals surface area (Å²) >= 11 is 3.21. The van der Waals surface area contributed by atoms with Gasteiger partial charge in [0.1, 0.15) is 5.82 Å². The first-order valence-electron chi connectivity index (χ1n) is 6.16. The van der Waals surface area contributed by atoms with Crippen molar-refractivity contribution in [3.05, 3.63) is 57.8 Å². The van der Waals surface area contributed by atoms with Crippen molar-refractivity contribution < 1.29 is 14.3 Å². The van der Waals surface area contributed by atoms with E-state index in [9.17, 15) is 9.18 Å². The maximum absolute atomic E-state index is 13.8. The minimum atomic E-state index is -1.03. The fourth-order valence-electron chi connectivity index (χ4n) is 2.03. The van der Waals surface area contributed by atoms with Crippen LogP contribution in [0.25, 0.3) is 0 Å². The Morgan fingerprint density at radius 1 is 1.33 bits per heavy atom. The molecule has 0 fully saturated rings. The summed E-state index contributed by atoms with van der Waals surface area (Å²) in [5.74, 6) is -1.34. The van der Waals surface area contributed by atoms with Gasteiger partial charge in [-0.25, -0.2) is 9.18 Å². The van der Waals surface area contributed by atoms with E-state index in [-0.39, 0.29) is 11.4 Å². The van der Waals surface area contributed by atoms with Crippen LogP contribution in [0, 0.1) is 5.82 Å². The van der Waals surface area contributed by atoms with Gasteiger partial charge in [0.2, 0.25) is 0 Å². The number of carboxylic acids is 1. The van der Waals surface area contributed by atoms with Crippen LogP contribution in [0.4, 0.5) is 15.8 Å². The Labute approximate surface area is 130 Å². The van der Waals surface area contributed by atoms with Crippen LogP contribution < -0.4 is 10.6 Å². The van der Waals surface area contributed by atoms with Crippen molar-refractivity contribution in [1.29, 1.82) is 0 Å². The molecule has 2 aromatic rings. The van der Waals surface area contributed by atoms with E-state index in [0.29, 0.717) is 28.0 Å². The number of hydrogen-bond donors (Lipinski definition) is 2. The Hall–Kier alpha value is -2.08. The third kappa shape index (κ3) is 3.52. The smallest absolute Gasteiger partial charge is 0.335 e. The molecular weight excluding hydrogens is 339 g/mol. The molecular formula is C15H14BrFN2O2. The summed E-state index contributed by atoms with van der Waals surface area (Å²) in [6, 6.07) is 9.35. The van der Waals surface area contributed by atoms with Crippen molar-refractivity contribution in [2.24, 2.45) is 0 Å². The molecule has 0 aliphatic heterocycles. The van der Waals surface area contributed by atoms with Gasteiger partial charge < -0.3 is 15.7 Å². The van der Waals surface area contributed by atoms with Crippen LogP contribution in [-0.2, 0) is 6.54 Å². The number of rotatable bonds is 4. The zero-order valence-electron chi connectivity index (χ0n) is 11.3. The molecule has 0 unspecified atom stereocenters. The fraction of sp³-hybridized carbons (Fsp3) is 0.133. The SMILES string of the molecule is CN(Cc1ccc(Br)cc1F)c1ccc(C(=O)O)cc1N. The first kappa shape index (κ1) is 15.3. The number of nitrogens with two attached hydrogens (primary N) is 1. The zero-order chi connectivity index (χ0) is 15.6. The molecule has 0 aliphatic rings. The minimum Gasteiger partial charge on any atom is -0.478 e. The molecule has 0 amide bonds. The second-order valence-electron chi connectivity index (χ2n) is 4.67. The molecule has 110 valence electrons. The van der Waals surface area contributed by atoms with Crippen molar-refractivity contribution in [2.45, 2.75) is 6.54 Å². The van der Waals surface area contributed by atoms with E-state index in [2.05, 4.69) is 15.9 Å². The molecule has 0 saturated carbocycles. The van der Waals surface area contributed by atoms with Crippen LogP contribution in [0.5, 0.6) is 0 Å². The minimum absolute atomic E-state index is 0.125. The van der Waals surface area contributed by atoms with Gasteiger partial charge in [0.15, 0.2) is 0 Å². The van der Waals surface area contributed by atoms with E-state index >= 15 is 0 Å². The Balaban J connectivity index is 2.24. The molecule has 2 rings (SSSR count). The Bertz CT molecular complexity index is 691. The molecule has 0 aliphatic carbocycles. The second kappa shape index (κ2) is 6.13. The highest BCUT2D eigenvalue weighted by Gasteiger charge is 2.12. The highest BCUT2D eigenvalue weighted by molar-refractivity contribution is 9.10. The zero-order valence-corrected chi connectivity index (χ0v) is 12.9. The first-order chi connectivity index (χ1) is 9.88. The summed E-state index contributed by atoms with van der Waals surface area (Å²) in [6.45, 7) is 0.329. The number of carboxylic acid groups (broad SMARTS) is 1. The van der Waals surface area contributed by atoms with E-state index in [0.717, 1.165) is 0 Å². The predicted molar refractivity (Wildman–Crippen MR) is 84.0 cm³/mol. The maximum Gasteiger partial charge on any atom is 0.335 e. The summed E-state index contributed by atoms with van der Waals surface area (Å²) in [5.41, 5.74) is 7.52. The molecule has 2 aromatic carbocycles. The number of hydrogen-bond acceptors (Lipinski definition) is 3. The molecule has 0 bridgehead atoms. The third-order valence-corrected chi connectivity index (χ3v) is 3.60. The lowest BCUT2D eigenvalue weighted by atomic mass is 10.1. The average molecular weight is 353 g/mol. The average Bonchev–Trinajstić information content (AvgIpc) is 2.41. The molecule has 0 saturated heterocycles. The summed E-state index contributed by atoms with van der Waals surface area (Å²) < 4.78 is 14.5. The highest BCUT2D eigenvalue weighted by atomic mass is 79.9. The van der Waals surface area contributed by atoms with Crippen molar-refractivity contribution in [2.75, 3.05) is 17.7 Å². The molecule has 0 atom stereocenters. The van der Waals surface area contributed by atoms with Crippen molar-refractivity contribution in [3.63, 3.8) is 0 Å².